The zero-order chi connectivity index (χ0) is 14.5. The topological polar surface area (TPSA) is 66.9 Å². The van der Waals surface area contributed by atoms with Crippen LogP contribution < -0.4 is 10.6 Å². The highest BCUT2D eigenvalue weighted by molar-refractivity contribution is 5.93. The van der Waals surface area contributed by atoms with Gasteiger partial charge < -0.3 is 10.6 Å². The number of amides is 1. The van der Waals surface area contributed by atoms with Gasteiger partial charge in [0.1, 0.15) is 0 Å². The van der Waals surface area contributed by atoms with E-state index in [1.165, 1.54) is 12.4 Å². The van der Waals surface area contributed by atoms with Crippen molar-refractivity contribution in [2.24, 2.45) is 0 Å². The summed E-state index contributed by atoms with van der Waals surface area (Å²) in [7, 11) is 0. The van der Waals surface area contributed by atoms with Crippen molar-refractivity contribution in [2.45, 2.75) is 26.8 Å². The molecule has 20 heavy (non-hydrogen) atoms. The Morgan fingerprint density at radius 1 is 1.15 bits per heavy atom. The lowest BCUT2D eigenvalue weighted by Gasteiger charge is -2.09. The second-order valence-electron chi connectivity index (χ2n) is 4.86. The van der Waals surface area contributed by atoms with Crippen molar-refractivity contribution >= 4 is 17.5 Å². The van der Waals surface area contributed by atoms with Gasteiger partial charge in [0.25, 0.3) is 5.91 Å². The minimum atomic E-state index is -0.164. The molecule has 0 aliphatic carbocycles. The maximum atomic E-state index is 11.8. The maximum absolute atomic E-state index is 11.8. The summed E-state index contributed by atoms with van der Waals surface area (Å²) in [5.74, 6) is 0.308. The second-order valence-corrected chi connectivity index (χ2v) is 4.86. The van der Waals surface area contributed by atoms with E-state index < -0.39 is 0 Å². The van der Waals surface area contributed by atoms with Gasteiger partial charge in [-0.1, -0.05) is 18.2 Å². The smallest absolute Gasteiger partial charge is 0.254 e. The average Bonchev–Trinajstić information content (AvgIpc) is 2.41. The number of para-hydroxylation sites is 1. The van der Waals surface area contributed by atoms with Crippen molar-refractivity contribution in [2.75, 3.05) is 5.32 Å². The van der Waals surface area contributed by atoms with E-state index in [1.807, 2.05) is 45.0 Å². The second kappa shape index (κ2) is 6.14. The number of benzene rings is 1. The Morgan fingerprint density at radius 2 is 1.80 bits per heavy atom. The molecule has 0 aliphatic heterocycles. The van der Waals surface area contributed by atoms with E-state index in [2.05, 4.69) is 20.6 Å². The number of aromatic nitrogens is 2. The highest BCUT2D eigenvalue weighted by Crippen LogP contribution is 2.16. The van der Waals surface area contributed by atoms with E-state index >= 15 is 0 Å². The number of carbonyl (C=O) groups is 1. The Kier molecular flexibility index (Phi) is 4.30. The largest absolute Gasteiger partial charge is 0.350 e. The van der Waals surface area contributed by atoms with Crippen LogP contribution in [0.3, 0.4) is 0 Å². The number of hydrogen-bond acceptors (Lipinski definition) is 4. The minimum Gasteiger partial charge on any atom is -0.350 e. The lowest BCUT2D eigenvalue weighted by Crippen LogP contribution is -2.30. The molecule has 0 bridgehead atoms. The molecule has 1 amide bonds. The number of hydrogen-bond donors (Lipinski definition) is 2. The van der Waals surface area contributed by atoms with Gasteiger partial charge in [-0.15, -0.1) is 0 Å². The van der Waals surface area contributed by atoms with Crippen LogP contribution in [-0.2, 0) is 0 Å². The summed E-state index contributed by atoms with van der Waals surface area (Å²) < 4.78 is 0. The van der Waals surface area contributed by atoms with E-state index in [0.717, 1.165) is 11.3 Å². The Balaban J connectivity index is 2.09. The summed E-state index contributed by atoms with van der Waals surface area (Å²) in [5.41, 5.74) is 2.51. The Morgan fingerprint density at radius 3 is 2.40 bits per heavy atom. The molecule has 0 aliphatic rings. The van der Waals surface area contributed by atoms with Crippen LogP contribution in [0.4, 0.5) is 11.6 Å². The fourth-order valence-corrected chi connectivity index (χ4v) is 1.69. The van der Waals surface area contributed by atoms with E-state index in [-0.39, 0.29) is 11.9 Å². The summed E-state index contributed by atoms with van der Waals surface area (Å²) in [5, 5.41) is 5.92. The number of nitrogens with zero attached hydrogens (tertiary/aromatic N) is 2. The minimum absolute atomic E-state index is 0.0901. The highest BCUT2D eigenvalue weighted by atomic mass is 16.1. The normalized spacial score (nSPS) is 10.4. The fourth-order valence-electron chi connectivity index (χ4n) is 1.69. The number of anilines is 2. The molecule has 0 saturated heterocycles. The van der Waals surface area contributed by atoms with E-state index in [4.69, 9.17) is 0 Å². The number of rotatable bonds is 4. The summed E-state index contributed by atoms with van der Waals surface area (Å²) in [6.07, 6.45) is 3.04. The van der Waals surface area contributed by atoms with Crippen molar-refractivity contribution in [1.29, 1.82) is 0 Å². The standard InChI is InChI=1S/C15H18N4O/c1-10(2)18-14(20)12-8-16-15(17-9-12)19-13-7-5-4-6-11(13)3/h4-10H,1-3H3,(H,18,20)(H,16,17,19). The first-order valence-corrected chi connectivity index (χ1v) is 6.52. The first kappa shape index (κ1) is 14.0. The van der Waals surface area contributed by atoms with Crippen molar-refractivity contribution < 1.29 is 4.79 Å². The number of aryl methyl sites for hydroxylation is 1. The van der Waals surface area contributed by atoms with Crippen molar-refractivity contribution in [3.63, 3.8) is 0 Å². The fraction of sp³-hybridized carbons (Fsp3) is 0.267. The van der Waals surface area contributed by atoms with Gasteiger partial charge in [0.15, 0.2) is 0 Å². The molecule has 1 aromatic heterocycles. The van der Waals surface area contributed by atoms with Crippen LogP contribution in [0.2, 0.25) is 0 Å². The van der Waals surface area contributed by atoms with Gasteiger partial charge in [-0.3, -0.25) is 4.79 Å². The summed E-state index contributed by atoms with van der Waals surface area (Å²) in [6, 6.07) is 7.97. The first-order valence-electron chi connectivity index (χ1n) is 6.52. The van der Waals surface area contributed by atoms with E-state index in [0.29, 0.717) is 11.5 Å². The van der Waals surface area contributed by atoms with Gasteiger partial charge in [0.2, 0.25) is 5.95 Å². The van der Waals surface area contributed by atoms with Crippen molar-refractivity contribution in [3.8, 4) is 0 Å². The molecule has 0 unspecified atom stereocenters. The molecule has 0 radical (unpaired) electrons. The predicted molar refractivity (Wildman–Crippen MR) is 79.1 cm³/mol. The van der Waals surface area contributed by atoms with E-state index in [1.54, 1.807) is 0 Å². The number of nitrogens with one attached hydrogen (secondary N) is 2. The van der Waals surface area contributed by atoms with Crippen LogP contribution in [0.5, 0.6) is 0 Å². The zero-order valence-electron chi connectivity index (χ0n) is 11.8. The van der Waals surface area contributed by atoms with E-state index in [9.17, 15) is 4.79 Å². The molecule has 1 aromatic carbocycles. The third kappa shape index (κ3) is 3.54. The molecular formula is C15H18N4O. The molecule has 2 aromatic rings. The molecule has 0 fully saturated rings. The summed E-state index contributed by atoms with van der Waals surface area (Å²) >= 11 is 0. The Bertz CT molecular complexity index is 593. The van der Waals surface area contributed by atoms with Crippen LogP contribution in [-0.4, -0.2) is 21.9 Å². The van der Waals surface area contributed by atoms with Crippen LogP contribution in [0, 0.1) is 6.92 Å². The lowest BCUT2D eigenvalue weighted by molar-refractivity contribution is 0.0942. The molecule has 0 atom stereocenters. The van der Waals surface area contributed by atoms with Crippen LogP contribution in [0.1, 0.15) is 29.8 Å². The Labute approximate surface area is 118 Å². The van der Waals surface area contributed by atoms with Crippen LogP contribution in [0.25, 0.3) is 0 Å². The molecule has 2 rings (SSSR count). The van der Waals surface area contributed by atoms with Gasteiger partial charge in [0, 0.05) is 24.1 Å². The van der Waals surface area contributed by atoms with Crippen molar-refractivity contribution in [1.82, 2.24) is 15.3 Å². The molecule has 5 heteroatoms. The third-order valence-electron chi connectivity index (χ3n) is 2.73. The van der Waals surface area contributed by atoms with Gasteiger partial charge >= 0.3 is 0 Å². The molecular weight excluding hydrogens is 252 g/mol. The lowest BCUT2D eigenvalue weighted by atomic mass is 10.2. The third-order valence-corrected chi connectivity index (χ3v) is 2.73. The summed E-state index contributed by atoms with van der Waals surface area (Å²) in [6.45, 7) is 5.83. The van der Waals surface area contributed by atoms with Crippen LogP contribution in [0.15, 0.2) is 36.7 Å². The Hall–Kier alpha value is -2.43. The average molecular weight is 270 g/mol. The molecule has 2 N–H and O–H groups in total. The zero-order valence-corrected chi connectivity index (χ0v) is 11.8. The van der Waals surface area contributed by atoms with Gasteiger partial charge in [-0.25, -0.2) is 9.97 Å². The molecule has 0 spiro atoms. The molecule has 1 heterocycles. The van der Waals surface area contributed by atoms with Gasteiger partial charge in [-0.05, 0) is 32.4 Å². The molecule has 104 valence electrons. The van der Waals surface area contributed by atoms with Crippen molar-refractivity contribution in [3.05, 3.63) is 47.8 Å². The highest BCUT2D eigenvalue weighted by Gasteiger charge is 2.08. The predicted octanol–water partition coefficient (Wildman–Crippen LogP) is 2.67. The van der Waals surface area contributed by atoms with Gasteiger partial charge in [-0.2, -0.15) is 0 Å². The molecule has 5 nitrogen and oxygen atoms in total. The van der Waals surface area contributed by atoms with Gasteiger partial charge in [0.05, 0.1) is 5.56 Å². The quantitative estimate of drug-likeness (QED) is 0.896. The first-order chi connectivity index (χ1) is 9.56. The van der Waals surface area contributed by atoms with Crippen LogP contribution >= 0.6 is 0 Å². The number of carbonyl (C=O) groups excluding carboxylic acids is 1. The maximum Gasteiger partial charge on any atom is 0.254 e. The SMILES string of the molecule is Cc1ccccc1Nc1ncc(C(=O)NC(C)C)cn1. The molecule has 0 saturated carbocycles. The monoisotopic (exact) mass is 270 g/mol. The summed E-state index contributed by atoms with van der Waals surface area (Å²) in [4.78, 5) is 20.1.